The molecular weight excluding hydrogens is 124 g/mol. The molecule has 1 nitrogen and oxygen atoms in total. The molecule has 0 bridgehead atoms. The van der Waals surface area contributed by atoms with Crippen molar-refractivity contribution in [3.8, 4) is 0 Å². The smallest absolute Gasteiger partial charge is 0.135 e. The Morgan fingerprint density at radius 3 is 2.30 bits per heavy atom. The molecule has 0 amide bonds. The first-order valence-electron chi connectivity index (χ1n) is 3.68. The maximum absolute atomic E-state index is 11.0. The Morgan fingerprint density at radius 1 is 1.70 bits per heavy atom. The van der Waals surface area contributed by atoms with Crippen LogP contribution in [0, 0.1) is 5.41 Å². The van der Waals surface area contributed by atoms with Crippen molar-refractivity contribution in [2.45, 2.75) is 33.6 Å². The lowest BCUT2D eigenvalue weighted by atomic mass is 9.80. The summed E-state index contributed by atoms with van der Waals surface area (Å²) in [4.78, 5) is 11.0. The molecule has 0 radical (unpaired) electrons. The fourth-order valence-electron chi connectivity index (χ4n) is 0.856. The zero-order valence-corrected chi connectivity index (χ0v) is 7.11. The van der Waals surface area contributed by atoms with Gasteiger partial charge in [-0.2, -0.15) is 0 Å². The number of Topliss-reactive ketones (excluding diaryl/α,β-unsaturated/α-hetero) is 1. The molecule has 0 aromatic heterocycles. The minimum atomic E-state index is -0.165. The van der Waals surface area contributed by atoms with Gasteiger partial charge in [0.15, 0.2) is 0 Å². The van der Waals surface area contributed by atoms with Crippen LogP contribution in [-0.2, 0) is 4.79 Å². The Morgan fingerprint density at radius 2 is 2.20 bits per heavy atom. The second-order valence-electron chi connectivity index (χ2n) is 2.96. The molecule has 1 unspecified atom stereocenters. The molecule has 0 aliphatic carbocycles. The molecule has 0 aliphatic rings. The first-order chi connectivity index (χ1) is 4.56. The Hall–Kier alpha value is -0.590. The molecule has 0 N–H and O–H groups in total. The quantitative estimate of drug-likeness (QED) is 0.548. The van der Waals surface area contributed by atoms with E-state index in [0.29, 0.717) is 0 Å². The molecule has 0 spiro atoms. The van der Waals surface area contributed by atoms with Gasteiger partial charge in [0.1, 0.15) is 5.78 Å². The molecule has 0 aliphatic heterocycles. The number of hydrogen-bond donors (Lipinski definition) is 0. The van der Waals surface area contributed by atoms with E-state index < -0.39 is 0 Å². The van der Waals surface area contributed by atoms with Crippen LogP contribution >= 0.6 is 0 Å². The molecule has 58 valence electrons. The van der Waals surface area contributed by atoms with Crippen molar-refractivity contribution in [3.05, 3.63) is 12.7 Å². The van der Waals surface area contributed by atoms with Crippen LogP contribution in [0.3, 0.4) is 0 Å². The summed E-state index contributed by atoms with van der Waals surface area (Å²) in [5.74, 6) is 0.259. The Bertz CT molecular complexity index is 138. The van der Waals surface area contributed by atoms with Crippen molar-refractivity contribution in [1.82, 2.24) is 0 Å². The average molecular weight is 140 g/mol. The van der Waals surface area contributed by atoms with Gasteiger partial charge in [-0.25, -0.2) is 0 Å². The van der Waals surface area contributed by atoms with Crippen LogP contribution in [0.1, 0.15) is 33.6 Å². The fraction of sp³-hybridized carbons (Fsp3) is 0.667. The highest BCUT2D eigenvalue weighted by atomic mass is 16.1. The average Bonchev–Trinajstić information content (AvgIpc) is 1.88. The lowest BCUT2D eigenvalue weighted by Gasteiger charge is -2.22. The second-order valence-corrected chi connectivity index (χ2v) is 2.96. The molecule has 0 heterocycles. The summed E-state index contributed by atoms with van der Waals surface area (Å²) < 4.78 is 0. The topological polar surface area (TPSA) is 17.1 Å². The maximum atomic E-state index is 11.0. The largest absolute Gasteiger partial charge is 0.299 e. The molecule has 0 rings (SSSR count). The van der Waals surface area contributed by atoms with Crippen molar-refractivity contribution < 1.29 is 4.79 Å². The number of hydrogen-bond acceptors (Lipinski definition) is 1. The molecule has 0 aromatic carbocycles. The zero-order chi connectivity index (χ0) is 8.20. The molecular formula is C9H16O. The highest BCUT2D eigenvalue weighted by Gasteiger charge is 2.25. The fourth-order valence-corrected chi connectivity index (χ4v) is 0.856. The van der Waals surface area contributed by atoms with Crippen LogP contribution in [0.4, 0.5) is 0 Å². The zero-order valence-electron chi connectivity index (χ0n) is 7.11. The Balaban J connectivity index is 4.21. The summed E-state index contributed by atoms with van der Waals surface area (Å²) in [6, 6.07) is 0. The minimum Gasteiger partial charge on any atom is -0.299 e. The molecule has 0 aromatic rings. The van der Waals surface area contributed by atoms with Gasteiger partial charge in [0.05, 0.1) is 0 Å². The van der Waals surface area contributed by atoms with Gasteiger partial charge in [0.2, 0.25) is 0 Å². The van der Waals surface area contributed by atoms with E-state index in [2.05, 4.69) is 6.58 Å². The number of carbonyl (C=O) groups is 1. The molecule has 0 fully saturated rings. The summed E-state index contributed by atoms with van der Waals surface area (Å²) in [6.45, 7) is 9.29. The van der Waals surface area contributed by atoms with E-state index in [4.69, 9.17) is 0 Å². The monoisotopic (exact) mass is 140 g/mol. The Labute approximate surface area is 63.1 Å². The summed E-state index contributed by atoms with van der Waals surface area (Å²) in [5.41, 5.74) is -0.165. The van der Waals surface area contributed by atoms with E-state index in [1.165, 1.54) is 0 Å². The van der Waals surface area contributed by atoms with Gasteiger partial charge in [-0.05, 0) is 19.8 Å². The normalized spacial score (nSPS) is 15.9. The van der Waals surface area contributed by atoms with Gasteiger partial charge in [-0.1, -0.05) is 19.9 Å². The van der Waals surface area contributed by atoms with Gasteiger partial charge in [0, 0.05) is 5.41 Å². The standard InChI is InChI=1S/C9H16O/c1-5-7-9(4,6-2)8(3)10/h5H,1,6-7H2,2-4H3. The van der Waals surface area contributed by atoms with E-state index in [9.17, 15) is 4.79 Å². The predicted octanol–water partition coefficient (Wildman–Crippen LogP) is 2.57. The minimum absolute atomic E-state index is 0.165. The molecule has 0 saturated heterocycles. The van der Waals surface area contributed by atoms with E-state index in [1.54, 1.807) is 6.92 Å². The van der Waals surface area contributed by atoms with E-state index in [0.717, 1.165) is 12.8 Å². The first kappa shape index (κ1) is 9.41. The van der Waals surface area contributed by atoms with Crippen LogP contribution in [0.2, 0.25) is 0 Å². The van der Waals surface area contributed by atoms with Crippen molar-refractivity contribution in [1.29, 1.82) is 0 Å². The summed E-state index contributed by atoms with van der Waals surface area (Å²) in [6.07, 6.45) is 3.50. The first-order valence-corrected chi connectivity index (χ1v) is 3.68. The van der Waals surface area contributed by atoms with Gasteiger partial charge in [0.25, 0.3) is 0 Å². The van der Waals surface area contributed by atoms with E-state index in [-0.39, 0.29) is 11.2 Å². The van der Waals surface area contributed by atoms with Gasteiger partial charge < -0.3 is 0 Å². The molecule has 10 heavy (non-hydrogen) atoms. The SMILES string of the molecule is C=CCC(C)(CC)C(C)=O. The van der Waals surface area contributed by atoms with Crippen LogP contribution < -0.4 is 0 Å². The Kier molecular flexibility index (Phi) is 3.34. The van der Waals surface area contributed by atoms with Crippen LogP contribution in [0.5, 0.6) is 0 Å². The van der Waals surface area contributed by atoms with E-state index in [1.807, 2.05) is 19.9 Å². The van der Waals surface area contributed by atoms with Gasteiger partial charge in [-0.3, -0.25) is 4.79 Å². The number of rotatable bonds is 4. The number of carbonyl (C=O) groups excluding carboxylic acids is 1. The van der Waals surface area contributed by atoms with Crippen molar-refractivity contribution >= 4 is 5.78 Å². The maximum Gasteiger partial charge on any atom is 0.135 e. The highest BCUT2D eigenvalue weighted by Crippen LogP contribution is 2.26. The predicted molar refractivity (Wildman–Crippen MR) is 43.9 cm³/mol. The third-order valence-electron chi connectivity index (χ3n) is 2.23. The number of allylic oxidation sites excluding steroid dienone is 1. The van der Waals surface area contributed by atoms with Gasteiger partial charge in [-0.15, -0.1) is 6.58 Å². The molecule has 1 heteroatoms. The van der Waals surface area contributed by atoms with Crippen LogP contribution in [-0.4, -0.2) is 5.78 Å². The summed E-state index contributed by atoms with van der Waals surface area (Å²) >= 11 is 0. The van der Waals surface area contributed by atoms with Crippen LogP contribution in [0.25, 0.3) is 0 Å². The van der Waals surface area contributed by atoms with Crippen molar-refractivity contribution in [2.24, 2.45) is 5.41 Å². The summed E-state index contributed by atoms with van der Waals surface area (Å²) in [7, 11) is 0. The second kappa shape index (κ2) is 3.55. The third-order valence-corrected chi connectivity index (χ3v) is 2.23. The van der Waals surface area contributed by atoms with E-state index >= 15 is 0 Å². The molecule has 1 atom stereocenters. The molecule has 0 saturated carbocycles. The highest BCUT2D eigenvalue weighted by molar-refractivity contribution is 5.81. The lowest BCUT2D eigenvalue weighted by molar-refractivity contribution is -0.125. The third kappa shape index (κ3) is 1.98. The number of ketones is 1. The van der Waals surface area contributed by atoms with Gasteiger partial charge >= 0.3 is 0 Å². The summed E-state index contributed by atoms with van der Waals surface area (Å²) in [5, 5.41) is 0. The van der Waals surface area contributed by atoms with Crippen LogP contribution in [0.15, 0.2) is 12.7 Å². The van der Waals surface area contributed by atoms with Crippen molar-refractivity contribution in [2.75, 3.05) is 0 Å². The lowest BCUT2D eigenvalue weighted by Crippen LogP contribution is -2.23. The van der Waals surface area contributed by atoms with Crippen molar-refractivity contribution in [3.63, 3.8) is 0 Å².